The van der Waals surface area contributed by atoms with Crippen molar-refractivity contribution < 1.29 is 18.0 Å². The third-order valence-corrected chi connectivity index (χ3v) is 6.80. The number of carbonyl (C=O) groups is 1. The molecule has 2 aromatic carbocycles. The van der Waals surface area contributed by atoms with Gasteiger partial charge in [-0.1, -0.05) is 58.6 Å². The maximum atomic E-state index is 13.2. The van der Waals surface area contributed by atoms with Crippen LogP contribution in [0, 0.1) is 0 Å². The van der Waals surface area contributed by atoms with E-state index in [2.05, 4.69) is 26.1 Å². The molecule has 30 heavy (non-hydrogen) atoms. The molecule has 0 heterocycles. The van der Waals surface area contributed by atoms with Crippen LogP contribution < -0.4 is 5.32 Å². The van der Waals surface area contributed by atoms with Gasteiger partial charge in [-0.05, 0) is 56.8 Å². The van der Waals surface area contributed by atoms with Gasteiger partial charge in [0.15, 0.2) is 0 Å². The Bertz CT molecular complexity index is 927. The summed E-state index contributed by atoms with van der Waals surface area (Å²) in [4.78, 5) is 15.3. The summed E-state index contributed by atoms with van der Waals surface area (Å²) in [5.74, 6) is -0.621. The van der Waals surface area contributed by atoms with Crippen LogP contribution in [0.4, 0.5) is 13.2 Å². The minimum atomic E-state index is -4.63. The second-order valence-corrected chi connectivity index (χ2v) is 9.13. The fourth-order valence-corrected chi connectivity index (χ4v) is 5.07. The highest BCUT2D eigenvalue weighted by molar-refractivity contribution is 9.10. The first-order chi connectivity index (χ1) is 14.1. The molecule has 1 atom stereocenters. The predicted octanol–water partition coefficient (Wildman–Crippen LogP) is 6.47. The molecule has 1 aliphatic rings. The first-order valence-electron chi connectivity index (χ1n) is 9.66. The van der Waals surface area contributed by atoms with Gasteiger partial charge in [0.25, 0.3) is 5.91 Å². The number of hydrogen-bond donors (Lipinski definition) is 1. The lowest BCUT2D eigenvalue weighted by molar-refractivity contribution is -0.137. The van der Waals surface area contributed by atoms with Crippen molar-refractivity contribution in [2.24, 2.45) is 0 Å². The summed E-state index contributed by atoms with van der Waals surface area (Å²) in [5.41, 5.74) is -0.654. The van der Waals surface area contributed by atoms with E-state index in [0.717, 1.165) is 41.8 Å². The maximum Gasteiger partial charge on any atom is 0.417 e. The van der Waals surface area contributed by atoms with Crippen LogP contribution in [-0.4, -0.2) is 30.4 Å². The second kappa shape index (κ2) is 8.89. The number of carbonyl (C=O) groups excluding carboxylic acids is 1. The summed E-state index contributed by atoms with van der Waals surface area (Å²) in [6, 6.07) is 10.6. The van der Waals surface area contributed by atoms with Crippen LogP contribution >= 0.6 is 27.5 Å². The first kappa shape index (κ1) is 23.1. The normalized spacial score (nSPS) is 17.2. The molecule has 0 aliphatic heterocycles. The standard InChI is InChI=1S/C22H23BrClF3N2O/c1-29(2)21(11-3-4-12-21)19(14-7-5-8-15(23)13-14)28-20(30)16-9-6-10-17(18(16)24)22(25,26)27/h5-10,13,19H,3-4,11-12H2,1-2H3,(H,28,30). The predicted molar refractivity (Wildman–Crippen MR) is 116 cm³/mol. The quantitative estimate of drug-likeness (QED) is 0.507. The Hall–Kier alpha value is -1.57. The van der Waals surface area contributed by atoms with Crippen LogP contribution in [0.25, 0.3) is 0 Å². The third kappa shape index (κ3) is 4.53. The molecule has 0 spiro atoms. The molecule has 0 aromatic heterocycles. The Morgan fingerprint density at radius 2 is 1.80 bits per heavy atom. The fraction of sp³-hybridized carbons (Fsp3) is 0.409. The number of nitrogens with zero attached hydrogens (tertiary/aromatic N) is 1. The lowest BCUT2D eigenvalue weighted by Gasteiger charge is -2.44. The minimum Gasteiger partial charge on any atom is -0.343 e. The van der Waals surface area contributed by atoms with Crippen molar-refractivity contribution in [2.45, 2.75) is 43.4 Å². The third-order valence-electron chi connectivity index (χ3n) is 5.90. The SMILES string of the molecule is CN(C)C1(C(NC(=O)c2cccc(C(F)(F)F)c2Cl)c2cccc(Br)c2)CCCC1. The molecule has 2 aromatic rings. The van der Waals surface area contributed by atoms with Gasteiger partial charge in [-0.2, -0.15) is 13.2 Å². The molecule has 3 rings (SSSR count). The number of rotatable bonds is 5. The summed E-state index contributed by atoms with van der Waals surface area (Å²) in [5, 5.41) is 2.42. The molecule has 0 radical (unpaired) electrons. The highest BCUT2D eigenvalue weighted by Gasteiger charge is 2.45. The molecular formula is C22H23BrClF3N2O. The van der Waals surface area contributed by atoms with Gasteiger partial charge in [0.05, 0.1) is 22.2 Å². The molecule has 8 heteroatoms. The molecule has 1 saturated carbocycles. The van der Waals surface area contributed by atoms with Crippen LogP contribution in [0.15, 0.2) is 46.9 Å². The summed E-state index contributed by atoms with van der Waals surface area (Å²) < 4.78 is 40.6. The Balaban J connectivity index is 2.03. The average molecular weight is 504 g/mol. The van der Waals surface area contributed by atoms with E-state index in [1.165, 1.54) is 12.1 Å². The van der Waals surface area contributed by atoms with E-state index in [4.69, 9.17) is 11.6 Å². The van der Waals surface area contributed by atoms with Crippen molar-refractivity contribution in [1.29, 1.82) is 0 Å². The molecule has 1 aliphatic carbocycles. The molecule has 3 nitrogen and oxygen atoms in total. The summed E-state index contributed by atoms with van der Waals surface area (Å²) in [7, 11) is 3.94. The van der Waals surface area contributed by atoms with E-state index in [9.17, 15) is 18.0 Å². The topological polar surface area (TPSA) is 32.3 Å². The Morgan fingerprint density at radius 3 is 2.37 bits per heavy atom. The molecule has 1 N–H and O–H groups in total. The van der Waals surface area contributed by atoms with E-state index >= 15 is 0 Å². The largest absolute Gasteiger partial charge is 0.417 e. The zero-order chi connectivity index (χ0) is 22.1. The number of nitrogens with one attached hydrogen (secondary N) is 1. The number of likely N-dealkylation sites (N-methyl/N-ethyl adjacent to an activating group) is 1. The number of amides is 1. The van der Waals surface area contributed by atoms with Crippen LogP contribution in [-0.2, 0) is 6.18 Å². The Morgan fingerprint density at radius 1 is 1.17 bits per heavy atom. The molecule has 1 unspecified atom stereocenters. The molecule has 1 amide bonds. The number of benzene rings is 2. The number of hydrogen-bond acceptors (Lipinski definition) is 2. The van der Waals surface area contributed by atoms with Crippen molar-refractivity contribution in [3.8, 4) is 0 Å². The summed E-state index contributed by atoms with van der Waals surface area (Å²) >= 11 is 9.48. The number of alkyl halides is 3. The van der Waals surface area contributed by atoms with Gasteiger partial charge >= 0.3 is 6.18 Å². The average Bonchev–Trinajstić information content (AvgIpc) is 3.16. The number of halogens is 5. The molecule has 1 fully saturated rings. The van der Waals surface area contributed by atoms with E-state index in [0.29, 0.717) is 0 Å². The van der Waals surface area contributed by atoms with Crippen LogP contribution in [0.2, 0.25) is 5.02 Å². The lowest BCUT2D eigenvalue weighted by atomic mass is 9.82. The van der Waals surface area contributed by atoms with Crippen LogP contribution in [0.3, 0.4) is 0 Å². The fourth-order valence-electron chi connectivity index (χ4n) is 4.33. The van der Waals surface area contributed by atoms with Gasteiger partial charge < -0.3 is 10.2 Å². The molecular weight excluding hydrogens is 481 g/mol. The summed E-state index contributed by atoms with van der Waals surface area (Å²) in [6.45, 7) is 0. The van der Waals surface area contributed by atoms with Crippen LogP contribution in [0.5, 0.6) is 0 Å². The van der Waals surface area contributed by atoms with Gasteiger partial charge in [-0.15, -0.1) is 0 Å². The van der Waals surface area contributed by atoms with E-state index in [1.807, 2.05) is 38.4 Å². The van der Waals surface area contributed by atoms with Gasteiger partial charge in [-0.3, -0.25) is 4.79 Å². The van der Waals surface area contributed by atoms with E-state index in [1.54, 1.807) is 0 Å². The molecule has 0 saturated heterocycles. The van der Waals surface area contributed by atoms with Crippen molar-refractivity contribution >= 4 is 33.4 Å². The van der Waals surface area contributed by atoms with Crippen molar-refractivity contribution in [3.05, 3.63) is 68.7 Å². The van der Waals surface area contributed by atoms with E-state index < -0.39 is 28.7 Å². The highest BCUT2D eigenvalue weighted by atomic mass is 79.9. The van der Waals surface area contributed by atoms with E-state index in [-0.39, 0.29) is 11.1 Å². The zero-order valence-corrected chi connectivity index (χ0v) is 19.0. The molecule has 162 valence electrons. The Labute approximate surface area is 187 Å². The van der Waals surface area contributed by atoms with Crippen molar-refractivity contribution in [3.63, 3.8) is 0 Å². The maximum absolute atomic E-state index is 13.2. The van der Waals surface area contributed by atoms with Crippen molar-refractivity contribution in [2.75, 3.05) is 14.1 Å². The minimum absolute atomic E-state index is 0.182. The van der Waals surface area contributed by atoms with Crippen molar-refractivity contribution in [1.82, 2.24) is 10.2 Å². The van der Waals surface area contributed by atoms with Gasteiger partial charge in [0, 0.05) is 10.0 Å². The molecule has 0 bridgehead atoms. The first-order valence-corrected chi connectivity index (χ1v) is 10.8. The summed E-state index contributed by atoms with van der Waals surface area (Å²) in [6.07, 6.45) is -0.860. The zero-order valence-electron chi connectivity index (χ0n) is 16.7. The van der Waals surface area contributed by atoms with Crippen LogP contribution in [0.1, 0.15) is 53.2 Å². The Kier molecular flexibility index (Phi) is 6.84. The second-order valence-electron chi connectivity index (χ2n) is 7.83. The highest BCUT2D eigenvalue weighted by Crippen LogP contribution is 2.44. The monoisotopic (exact) mass is 502 g/mol. The van der Waals surface area contributed by atoms with Gasteiger partial charge in [0.2, 0.25) is 0 Å². The van der Waals surface area contributed by atoms with Gasteiger partial charge in [-0.25, -0.2) is 0 Å². The lowest BCUT2D eigenvalue weighted by Crippen LogP contribution is -2.53. The van der Waals surface area contributed by atoms with Gasteiger partial charge in [0.1, 0.15) is 0 Å². The smallest absolute Gasteiger partial charge is 0.343 e.